The van der Waals surface area contributed by atoms with Crippen molar-refractivity contribution in [3.8, 4) is 17.2 Å². The lowest BCUT2D eigenvalue weighted by molar-refractivity contribution is -0.143. The molecule has 0 radical (unpaired) electrons. The number of hydrogen-bond acceptors (Lipinski definition) is 3. The van der Waals surface area contributed by atoms with Crippen LogP contribution in [0, 0.1) is 17.1 Å². The number of carbonyl (C=O) groups is 1. The lowest BCUT2D eigenvalue weighted by Crippen LogP contribution is -2.44. The van der Waals surface area contributed by atoms with Gasteiger partial charge in [-0.15, -0.1) is 0 Å². The van der Waals surface area contributed by atoms with Crippen molar-refractivity contribution in [3.05, 3.63) is 54.0 Å². The molecule has 0 saturated carbocycles. The molecule has 3 rings (SSSR count). The summed E-state index contributed by atoms with van der Waals surface area (Å²) < 4.78 is 41.2. The van der Waals surface area contributed by atoms with Crippen molar-refractivity contribution >= 4 is 16.8 Å². The van der Waals surface area contributed by atoms with Crippen LogP contribution in [-0.2, 0) is 11.3 Å². The standard InChI is InChI=1S/C20H17F3N4O/c1-12(26-19(28)20(2,22)23)11-27-18-6-4-14(8-16(18)10-25-27)13-3-5-17(21)15(7-13)9-24/h3-8,10,12H,11H2,1-2H3,(H,26,28). The van der Waals surface area contributed by atoms with Crippen LogP contribution in [0.1, 0.15) is 19.4 Å². The highest BCUT2D eigenvalue weighted by Crippen LogP contribution is 2.26. The Bertz CT molecular complexity index is 1080. The normalized spacial score (nSPS) is 12.6. The number of nitriles is 1. The number of hydrogen-bond donors (Lipinski definition) is 1. The van der Waals surface area contributed by atoms with Crippen molar-refractivity contribution in [3.63, 3.8) is 0 Å². The Morgan fingerprint density at radius 2 is 1.96 bits per heavy atom. The van der Waals surface area contributed by atoms with Crippen LogP contribution in [-0.4, -0.2) is 27.7 Å². The third-order valence-corrected chi connectivity index (χ3v) is 4.28. The van der Waals surface area contributed by atoms with E-state index in [0.717, 1.165) is 16.5 Å². The number of nitrogens with one attached hydrogen (secondary N) is 1. The van der Waals surface area contributed by atoms with E-state index in [1.165, 1.54) is 12.1 Å². The summed E-state index contributed by atoms with van der Waals surface area (Å²) in [5, 5.41) is 16.3. The molecule has 0 spiro atoms. The summed E-state index contributed by atoms with van der Waals surface area (Å²) in [4.78, 5) is 11.4. The van der Waals surface area contributed by atoms with Gasteiger partial charge in [0.15, 0.2) is 0 Å². The van der Waals surface area contributed by atoms with Gasteiger partial charge in [0, 0.05) is 18.4 Å². The van der Waals surface area contributed by atoms with Gasteiger partial charge in [-0.05, 0) is 42.3 Å². The Labute approximate surface area is 159 Å². The zero-order chi connectivity index (χ0) is 20.5. The lowest BCUT2D eigenvalue weighted by Gasteiger charge is -2.17. The fourth-order valence-corrected chi connectivity index (χ4v) is 2.86. The first kappa shape index (κ1) is 19.4. The van der Waals surface area contributed by atoms with Gasteiger partial charge in [-0.1, -0.05) is 12.1 Å². The third-order valence-electron chi connectivity index (χ3n) is 4.28. The molecule has 144 valence electrons. The summed E-state index contributed by atoms with van der Waals surface area (Å²) in [5.41, 5.74) is 2.20. The Kier molecular flexibility index (Phi) is 5.10. The van der Waals surface area contributed by atoms with E-state index in [0.29, 0.717) is 12.5 Å². The molecule has 1 heterocycles. The minimum absolute atomic E-state index is 0.0365. The van der Waals surface area contributed by atoms with Crippen LogP contribution in [0.25, 0.3) is 22.0 Å². The zero-order valence-electron chi connectivity index (χ0n) is 15.2. The SMILES string of the molecule is CC(Cn1ncc2cc(-c3ccc(F)c(C#N)c3)ccc21)NC(=O)C(C)(F)F. The molecule has 1 unspecified atom stereocenters. The van der Waals surface area contributed by atoms with E-state index in [2.05, 4.69) is 10.4 Å². The summed E-state index contributed by atoms with van der Waals surface area (Å²) in [6.07, 6.45) is 1.62. The summed E-state index contributed by atoms with van der Waals surface area (Å²) in [7, 11) is 0. The fraction of sp³-hybridized carbons (Fsp3) is 0.250. The highest BCUT2D eigenvalue weighted by atomic mass is 19.3. The molecule has 28 heavy (non-hydrogen) atoms. The maximum atomic E-state index is 13.5. The molecule has 0 aliphatic rings. The molecule has 5 nitrogen and oxygen atoms in total. The van der Waals surface area contributed by atoms with E-state index >= 15 is 0 Å². The molecule has 3 aromatic rings. The van der Waals surface area contributed by atoms with Crippen molar-refractivity contribution in [2.45, 2.75) is 32.4 Å². The summed E-state index contributed by atoms with van der Waals surface area (Å²) in [6.45, 7) is 2.39. The van der Waals surface area contributed by atoms with E-state index in [1.807, 2.05) is 12.1 Å². The van der Waals surface area contributed by atoms with Gasteiger partial charge < -0.3 is 5.32 Å². The smallest absolute Gasteiger partial charge is 0.321 e. The van der Waals surface area contributed by atoms with Crippen LogP contribution >= 0.6 is 0 Å². The van der Waals surface area contributed by atoms with Crippen molar-refractivity contribution < 1.29 is 18.0 Å². The molecular weight excluding hydrogens is 369 g/mol. The third kappa shape index (κ3) is 3.98. The lowest BCUT2D eigenvalue weighted by atomic mass is 10.0. The molecule has 0 aliphatic carbocycles. The second-order valence-electron chi connectivity index (χ2n) is 6.67. The maximum absolute atomic E-state index is 13.5. The van der Waals surface area contributed by atoms with E-state index in [1.54, 1.807) is 36.0 Å². The van der Waals surface area contributed by atoms with Crippen LogP contribution in [0.3, 0.4) is 0 Å². The molecular formula is C20H17F3N4O. The number of alkyl halides is 2. The number of nitrogens with zero attached hydrogens (tertiary/aromatic N) is 3. The Balaban J connectivity index is 1.83. The second kappa shape index (κ2) is 7.35. The number of halogens is 3. The minimum Gasteiger partial charge on any atom is -0.347 e. The average molecular weight is 386 g/mol. The second-order valence-corrected chi connectivity index (χ2v) is 6.67. The van der Waals surface area contributed by atoms with Crippen molar-refractivity contribution in [1.82, 2.24) is 15.1 Å². The van der Waals surface area contributed by atoms with Gasteiger partial charge in [-0.25, -0.2) is 4.39 Å². The number of carbonyl (C=O) groups excluding carboxylic acids is 1. The predicted molar refractivity (Wildman–Crippen MR) is 98.1 cm³/mol. The summed E-state index contributed by atoms with van der Waals surface area (Å²) in [6, 6.07) is 11.0. The number of benzene rings is 2. The van der Waals surface area contributed by atoms with Gasteiger partial charge in [-0.2, -0.15) is 19.1 Å². The van der Waals surface area contributed by atoms with Gasteiger partial charge in [-0.3, -0.25) is 9.48 Å². The van der Waals surface area contributed by atoms with E-state index in [-0.39, 0.29) is 12.1 Å². The van der Waals surface area contributed by atoms with Crippen LogP contribution in [0.15, 0.2) is 42.6 Å². The monoisotopic (exact) mass is 386 g/mol. The van der Waals surface area contributed by atoms with Crippen LogP contribution in [0.2, 0.25) is 0 Å². The van der Waals surface area contributed by atoms with Crippen LogP contribution < -0.4 is 5.32 Å². The molecule has 0 aliphatic heterocycles. The quantitative estimate of drug-likeness (QED) is 0.724. The van der Waals surface area contributed by atoms with E-state index < -0.39 is 23.7 Å². The molecule has 1 amide bonds. The van der Waals surface area contributed by atoms with Crippen LogP contribution in [0.5, 0.6) is 0 Å². The molecule has 1 aromatic heterocycles. The molecule has 0 fully saturated rings. The number of fused-ring (bicyclic) bond motifs is 1. The Morgan fingerprint density at radius 3 is 2.64 bits per heavy atom. The number of amides is 1. The zero-order valence-corrected chi connectivity index (χ0v) is 15.2. The van der Waals surface area contributed by atoms with Gasteiger partial charge in [0.1, 0.15) is 11.9 Å². The van der Waals surface area contributed by atoms with E-state index in [4.69, 9.17) is 5.26 Å². The molecule has 2 aromatic carbocycles. The van der Waals surface area contributed by atoms with Crippen LogP contribution in [0.4, 0.5) is 13.2 Å². The fourth-order valence-electron chi connectivity index (χ4n) is 2.86. The van der Waals surface area contributed by atoms with Gasteiger partial charge in [0.25, 0.3) is 5.91 Å². The van der Waals surface area contributed by atoms with E-state index in [9.17, 15) is 18.0 Å². The summed E-state index contributed by atoms with van der Waals surface area (Å²) in [5.74, 6) is -5.34. The largest absolute Gasteiger partial charge is 0.347 e. The maximum Gasteiger partial charge on any atom is 0.321 e. The van der Waals surface area contributed by atoms with Crippen molar-refractivity contribution in [2.75, 3.05) is 0 Å². The van der Waals surface area contributed by atoms with Gasteiger partial charge >= 0.3 is 5.92 Å². The highest BCUT2D eigenvalue weighted by molar-refractivity contribution is 5.85. The number of rotatable bonds is 5. The minimum atomic E-state index is -3.44. The Morgan fingerprint density at radius 1 is 1.29 bits per heavy atom. The molecule has 0 saturated heterocycles. The first-order valence-electron chi connectivity index (χ1n) is 8.53. The highest BCUT2D eigenvalue weighted by Gasteiger charge is 2.32. The molecule has 1 N–H and O–H groups in total. The average Bonchev–Trinajstić information content (AvgIpc) is 3.03. The van der Waals surface area contributed by atoms with Gasteiger partial charge in [0.05, 0.1) is 23.8 Å². The molecule has 8 heteroatoms. The topological polar surface area (TPSA) is 70.7 Å². The Hall–Kier alpha value is -3.34. The number of aromatic nitrogens is 2. The van der Waals surface area contributed by atoms with Gasteiger partial charge in [0.2, 0.25) is 0 Å². The van der Waals surface area contributed by atoms with Crippen molar-refractivity contribution in [2.24, 2.45) is 0 Å². The molecule has 0 bridgehead atoms. The summed E-state index contributed by atoms with van der Waals surface area (Å²) >= 11 is 0. The first-order chi connectivity index (χ1) is 13.2. The first-order valence-corrected chi connectivity index (χ1v) is 8.53. The molecule has 1 atom stereocenters. The van der Waals surface area contributed by atoms with Crippen molar-refractivity contribution in [1.29, 1.82) is 5.26 Å². The predicted octanol–water partition coefficient (Wildman–Crippen LogP) is 3.87.